The molecule has 18 heavy (non-hydrogen) atoms. The number of hydrogen-bond acceptors (Lipinski definition) is 3. The number of nitrogens with one attached hydrogen (secondary N) is 2. The summed E-state index contributed by atoms with van der Waals surface area (Å²) >= 11 is 0. The Bertz CT molecular complexity index is 432. The lowest BCUT2D eigenvalue weighted by molar-refractivity contribution is 0.0932. The average molecular weight is 250 g/mol. The molecule has 1 aliphatic rings. The van der Waals surface area contributed by atoms with Gasteiger partial charge in [0.05, 0.1) is 5.69 Å². The van der Waals surface area contributed by atoms with Gasteiger partial charge in [-0.05, 0) is 46.2 Å². The normalized spacial score (nSPS) is 23.3. The predicted octanol–water partition coefficient (Wildman–Crippen LogP) is 1.08. The summed E-state index contributed by atoms with van der Waals surface area (Å²) in [5, 5.41) is 10.7. The highest BCUT2D eigenvalue weighted by molar-refractivity contribution is 5.92. The fourth-order valence-electron chi connectivity index (χ4n) is 2.44. The van der Waals surface area contributed by atoms with Gasteiger partial charge in [-0.2, -0.15) is 5.10 Å². The molecule has 0 bridgehead atoms. The number of carbonyl (C=O) groups is 1. The first-order valence-electron chi connectivity index (χ1n) is 6.62. The summed E-state index contributed by atoms with van der Waals surface area (Å²) in [4.78, 5) is 12.1. The van der Waals surface area contributed by atoms with Crippen molar-refractivity contribution in [2.75, 3.05) is 13.1 Å². The standard InChI is InChI=1S/C13H22N4O/c1-4-17-11(8-10(2)16-17)12(18)14-9-13(3)6-5-7-15-13/h8,15H,4-7,9H2,1-3H3,(H,14,18). The Balaban J connectivity index is 1.99. The summed E-state index contributed by atoms with van der Waals surface area (Å²) in [7, 11) is 0. The Kier molecular flexibility index (Phi) is 3.71. The molecule has 5 heteroatoms. The molecular formula is C13H22N4O. The number of aryl methyl sites for hydroxylation is 2. The van der Waals surface area contributed by atoms with Crippen LogP contribution >= 0.6 is 0 Å². The van der Waals surface area contributed by atoms with Gasteiger partial charge in [0, 0.05) is 18.6 Å². The van der Waals surface area contributed by atoms with E-state index < -0.39 is 0 Å². The van der Waals surface area contributed by atoms with Crippen molar-refractivity contribution in [1.29, 1.82) is 0 Å². The third kappa shape index (κ3) is 2.72. The van der Waals surface area contributed by atoms with Gasteiger partial charge in [-0.3, -0.25) is 9.48 Å². The van der Waals surface area contributed by atoms with E-state index in [0.717, 1.165) is 18.7 Å². The maximum absolute atomic E-state index is 12.1. The summed E-state index contributed by atoms with van der Waals surface area (Å²) in [5.74, 6) is -0.0348. The molecule has 1 aliphatic heterocycles. The van der Waals surface area contributed by atoms with Crippen LogP contribution in [0.25, 0.3) is 0 Å². The zero-order chi connectivity index (χ0) is 13.2. The Morgan fingerprint density at radius 2 is 2.44 bits per heavy atom. The van der Waals surface area contributed by atoms with Gasteiger partial charge in [0.15, 0.2) is 0 Å². The SMILES string of the molecule is CCn1nc(C)cc1C(=O)NCC1(C)CCCN1. The average Bonchev–Trinajstić information content (AvgIpc) is 2.93. The minimum atomic E-state index is -0.0348. The van der Waals surface area contributed by atoms with E-state index in [1.54, 1.807) is 4.68 Å². The Morgan fingerprint density at radius 3 is 3.06 bits per heavy atom. The van der Waals surface area contributed by atoms with Gasteiger partial charge in [0.25, 0.3) is 5.91 Å². The van der Waals surface area contributed by atoms with Gasteiger partial charge in [-0.25, -0.2) is 0 Å². The number of carbonyl (C=O) groups excluding carboxylic acids is 1. The van der Waals surface area contributed by atoms with Crippen LogP contribution in [0.2, 0.25) is 0 Å². The fourth-order valence-corrected chi connectivity index (χ4v) is 2.44. The minimum Gasteiger partial charge on any atom is -0.349 e. The van der Waals surface area contributed by atoms with Crippen molar-refractivity contribution in [1.82, 2.24) is 20.4 Å². The predicted molar refractivity (Wildman–Crippen MR) is 70.6 cm³/mol. The second-order valence-electron chi connectivity index (χ2n) is 5.26. The Labute approximate surface area is 108 Å². The third-order valence-electron chi connectivity index (χ3n) is 3.53. The molecule has 0 aromatic carbocycles. The highest BCUT2D eigenvalue weighted by atomic mass is 16.2. The first-order valence-corrected chi connectivity index (χ1v) is 6.62. The molecule has 1 amide bonds. The maximum atomic E-state index is 12.1. The van der Waals surface area contributed by atoms with Gasteiger partial charge >= 0.3 is 0 Å². The molecule has 0 radical (unpaired) electrons. The topological polar surface area (TPSA) is 59.0 Å². The molecule has 1 unspecified atom stereocenters. The molecular weight excluding hydrogens is 228 g/mol. The van der Waals surface area contributed by atoms with Crippen LogP contribution in [0.5, 0.6) is 0 Å². The van der Waals surface area contributed by atoms with Gasteiger partial charge < -0.3 is 10.6 Å². The second kappa shape index (κ2) is 5.10. The lowest BCUT2D eigenvalue weighted by atomic mass is 10.0. The van der Waals surface area contributed by atoms with E-state index in [-0.39, 0.29) is 11.4 Å². The fraction of sp³-hybridized carbons (Fsp3) is 0.692. The molecule has 5 nitrogen and oxygen atoms in total. The van der Waals surface area contributed by atoms with Crippen LogP contribution in [0.3, 0.4) is 0 Å². The summed E-state index contributed by atoms with van der Waals surface area (Å²) in [6.07, 6.45) is 2.29. The summed E-state index contributed by atoms with van der Waals surface area (Å²) in [6.45, 7) is 8.47. The Morgan fingerprint density at radius 1 is 1.67 bits per heavy atom. The molecule has 1 aromatic heterocycles. The van der Waals surface area contributed by atoms with Crippen molar-refractivity contribution in [3.05, 3.63) is 17.5 Å². The molecule has 1 fully saturated rings. The van der Waals surface area contributed by atoms with Crippen molar-refractivity contribution in [3.8, 4) is 0 Å². The highest BCUT2D eigenvalue weighted by Gasteiger charge is 2.28. The van der Waals surface area contributed by atoms with E-state index in [0.29, 0.717) is 18.8 Å². The van der Waals surface area contributed by atoms with Crippen molar-refractivity contribution >= 4 is 5.91 Å². The lowest BCUT2D eigenvalue weighted by Gasteiger charge is -2.24. The van der Waals surface area contributed by atoms with E-state index >= 15 is 0 Å². The van der Waals surface area contributed by atoms with Gasteiger partial charge in [0.1, 0.15) is 5.69 Å². The van der Waals surface area contributed by atoms with Crippen LogP contribution in [0, 0.1) is 6.92 Å². The first kappa shape index (κ1) is 13.1. The van der Waals surface area contributed by atoms with E-state index in [1.165, 1.54) is 6.42 Å². The number of hydrogen-bond donors (Lipinski definition) is 2. The van der Waals surface area contributed by atoms with E-state index in [2.05, 4.69) is 22.7 Å². The van der Waals surface area contributed by atoms with Gasteiger partial charge in [-0.15, -0.1) is 0 Å². The quantitative estimate of drug-likeness (QED) is 0.841. The molecule has 1 atom stereocenters. The van der Waals surface area contributed by atoms with Gasteiger partial charge in [0.2, 0.25) is 0 Å². The molecule has 100 valence electrons. The maximum Gasteiger partial charge on any atom is 0.269 e. The molecule has 0 aliphatic carbocycles. The molecule has 0 saturated carbocycles. The van der Waals surface area contributed by atoms with Crippen LogP contribution in [0.15, 0.2) is 6.07 Å². The highest BCUT2D eigenvalue weighted by Crippen LogP contribution is 2.17. The summed E-state index contributed by atoms with van der Waals surface area (Å²) < 4.78 is 1.75. The van der Waals surface area contributed by atoms with Crippen LogP contribution in [0.4, 0.5) is 0 Å². The number of aromatic nitrogens is 2. The van der Waals surface area contributed by atoms with Crippen molar-refractivity contribution < 1.29 is 4.79 Å². The largest absolute Gasteiger partial charge is 0.349 e. The van der Waals surface area contributed by atoms with Gasteiger partial charge in [-0.1, -0.05) is 0 Å². The molecule has 1 aromatic rings. The Hall–Kier alpha value is -1.36. The van der Waals surface area contributed by atoms with Crippen LogP contribution in [-0.4, -0.2) is 34.3 Å². The van der Waals surface area contributed by atoms with E-state index in [9.17, 15) is 4.79 Å². The summed E-state index contributed by atoms with van der Waals surface area (Å²) in [5.41, 5.74) is 1.57. The number of rotatable bonds is 4. The van der Waals surface area contributed by atoms with E-state index in [4.69, 9.17) is 0 Å². The minimum absolute atomic E-state index is 0.0348. The van der Waals surface area contributed by atoms with Crippen molar-refractivity contribution in [3.63, 3.8) is 0 Å². The molecule has 2 N–H and O–H groups in total. The molecule has 1 saturated heterocycles. The first-order chi connectivity index (χ1) is 8.54. The molecule has 2 heterocycles. The monoisotopic (exact) mass is 250 g/mol. The van der Waals surface area contributed by atoms with Crippen molar-refractivity contribution in [2.24, 2.45) is 0 Å². The lowest BCUT2D eigenvalue weighted by Crippen LogP contribution is -2.47. The van der Waals surface area contributed by atoms with Crippen molar-refractivity contribution in [2.45, 2.75) is 45.7 Å². The summed E-state index contributed by atoms with van der Waals surface area (Å²) in [6, 6.07) is 1.84. The van der Waals surface area contributed by atoms with Crippen LogP contribution in [-0.2, 0) is 6.54 Å². The number of amides is 1. The molecule has 0 spiro atoms. The zero-order valence-corrected chi connectivity index (χ0v) is 11.4. The third-order valence-corrected chi connectivity index (χ3v) is 3.53. The molecule has 2 rings (SSSR count). The number of nitrogens with zero attached hydrogens (tertiary/aromatic N) is 2. The van der Waals surface area contributed by atoms with Crippen LogP contribution < -0.4 is 10.6 Å². The second-order valence-corrected chi connectivity index (χ2v) is 5.26. The van der Waals surface area contributed by atoms with Crippen LogP contribution in [0.1, 0.15) is 42.9 Å². The smallest absolute Gasteiger partial charge is 0.269 e. The zero-order valence-electron chi connectivity index (χ0n) is 11.4. The van der Waals surface area contributed by atoms with E-state index in [1.807, 2.05) is 19.9 Å².